The van der Waals surface area contributed by atoms with Gasteiger partial charge in [-0.05, 0) is 52.3 Å². The van der Waals surface area contributed by atoms with Crippen LogP contribution in [0.1, 0.15) is 49.9 Å². The molecule has 1 aromatic heterocycles. The van der Waals surface area contributed by atoms with Gasteiger partial charge in [-0.25, -0.2) is 4.79 Å². The van der Waals surface area contributed by atoms with E-state index in [1.54, 1.807) is 6.07 Å². The molecule has 6 nitrogen and oxygen atoms in total. The second kappa shape index (κ2) is 5.89. The molecule has 1 saturated heterocycles. The van der Waals surface area contributed by atoms with Crippen molar-refractivity contribution < 1.29 is 23.8 Å². The Bertz CT molecular complexity index is 528. The minimum Gasteiger partial charge on any atom is -0.475 e. The summed E-state index contributed by atoms with van der Waals surface area (Å²) in [6.07, 6.45) is 1.66. The molecule has 2 rings (SSSR count). The van der Waals surface area contributed by atoms with E-state index in [1.165, 1.54) is 6.07 Å². The predicted molar refractivity (Wildman–Crippen MR) is 74.9 cm³/mol. The van der Waals surface area contributed by atoms with Gasteiger partial charge in [-0.2, -0.15) is 0 Å². The first-order valence-electron chi connectivity index (χ1n) is 7.05. The largest absolute Gasteiger partial charge is 0.475 e. The van der Waals surface area contributed by atoms with Gasteiger partial charge in [0.2, 0.25) is 5.76 Å². The average molecular weight is 295 g/mol. The molecule has 0 amide bonds. The molecule has 0 saturated carbocycles. The molecular formula is C15H21NO5. The first kappa shape index (κ1) is 15.6. The maximum atomic E-state index is 12.2. The molecule has 0 bridgehead atoms. The Labute approximate surface area is 123 Å². The third-order valence-electron chi connectivity index (χ3n) is 3.27. The van der Waals surface area contributed by atoms with Crippen LogP contribution in [0.5, 0.6) is 0 Å². The second-order valence-electron chi connectivity index (χ2n) is 6.23. The topological polar surface area (TPSA) is 80.0 Å². The standard InChI is InChI=1S/C15H21NO5/c1-15(2,3)21-14(19)11-5-4-8-16(11)9-10-6-7-12(20-10)13(17)18/h6-7,11H,4-5,8-9H2,1-3H3,(H,17,18)/t11-/m1/s1. The first-order chi connectivity index (χ1) is 9.76. The Hall–Kier alpha value is -1.82. The Kier molecular flexibility index (Phi) is 4.37. The highest BCUT2D eigenvalue weighted by atomic mass is 16.6. The van der Waals surface area contributed by atoms with Crippen LogP contribution in [0, 0.1) is 0 Å². The third-order valence-corrected chi connectivity index (χ3v) is 3.27. The lowest BCUT2D eigenvalue weighted by molar-refractivity contribution is -0.160. The van der Waals surface area contributed by atoms with Crippen LogP contribution >= 0.6 is 0 Å². The monoisotopic (exact) mass is 295 g/mol. The van der Waals surface area contributed by atoms with Crippen LogP contribution in [0.4, 0.5) is 0 Å². The zero-order valence-corrected chi connectivity index (χ0v) is 12.6. The smallest absolute Gasteiger partial charge is 0.371 e. The number of rotatable bonds is 4. The molecule has 1 aliphatic rings. The Balaban J connectivity index is 2.01. The van der Waals surface area contributed by atoms with E-state index < -0.39 is 11.6 Å². The lowest BCUT2D eigenvalue weighted by atomic mass is 10.1. The minimum atomic E-state index is -1.09. The van der Waals surface area contributed by atoms with Crippen molar-refractivity contribution in [3.63, 3.8) is 0 Å². The molecule has 0 radical (unpaired) electrons. The van der Waals surface area contributed by atoms with E-state index in [0.29, 0.717) is 12.3 Å². The van der Waals surface area contributed by atoms with Crippen molar-refractivity contribution in [3.05, 3.63) is 23.7 Å². The number of hydrogen-bond donors (Lipinski definition) is 1. The number of carboxylic acids is 1. The van der Waals surface area contributed by atoms with E-state index in [1.807, 2.05) is 25.7 Å². The number of hydrogen-bond acceptors (Lipinski definition) is 5. The summed E-state index contributed by atoms with van der Waals surface area (Å²) in [5, 5.41) is 8.85. The van der Waals surface area contributed by atoms with Crippen LogP contribution in [0.3, 0.4) is 0 Å². The fourth-order valence-corrected chi connectivity index (χ4v) is 2.43. The molecule has 21 heavy (non-hydrogen) atoms. The number of carbonyl (C=O) groups is 2. The molecule has 1 aromatic rings. The summed E-state index contributed by atoms with van der Waals surface area (Å²) in [5.74, 6) is -0.864. The molecule has 0 aromatic carbocycles. The van der Waals surface area contributed by atoms with Crippen molar-refractivity contribution in [1.82, 2.24) is 4.90 Å². The number of likely N-dealkylation sites (tertiary alicyclic amines) is 1. The molecule has 1 atom stereocenters. The van der Waals surface area contributed by atoms with Crippen LogP contribution in [0.2, 0.25) is 0 Å². The Morgan fingerprint density at radius 1 is 1.43 bits per heavy atom. The predicted octanol–water partition coefficient (Wildman–Crippen LogP) is 2.28. The van der Waals surface area contributed by atoms with Gasteiger partial charge in [-0.1, -0.05) is 0 Å². The van der Waals surface area contributed by atoms with Crippen molar-refractivity contribution in [3.8, 4) is 0 Å². The summed E-state index contributed by atoms with van der Waals surface area (Å²) < 4.78 is 10.7. The first-order valence-corrected chi connectivity index (χ1v) is 7.05. The quantitative estimate of drug-likeness (QED) is 0.858. The van der Waals surface area contributed by atoms with Gasteiger partial charge in [-0.3, -0.25) is 9.69 Å². The average Bonchev–Trinajstić information content (AvgIpc) is 2.96. The third kappa shape index (κ3) is 4.07. The maximum Gasteiger partial charge on any atom is 0.371 e. The molecule has 1 aliphatic heterocycles. The molecule has 0 aliphatic carbocycles. The van der Waals surface area contributed by atoms with E-state index in [2.05, 4.69) is 0 Å². The summed E-state index contributed by atoms with van der Waals surface area (Å²) >= 11 is 0. The van der Waals surface area contributed by atoms with E-state index >= 15 is 0 Å². The number of esters is 1. The Morgan fingerprint density at radius 2 is 2.14 bits per heavy atom. The fraction of sp³-hybridized carbons (Fsp3) is 0.600. The van der Waals surface area contributed by atoms with E-state index in [-0.39, 0.29) is 17.8 Å². The normalized spacial score (nSPS) is 19.7. The lowest BCUT2D eigenvalue weighted by Crippen LogP contribution is -2.40. The van der Waals surface area contributed by atoms with Gasteiger partial charge in [0.25, 0.3) is 0 Å². The van der Waals surface area contributed by atoms with Crippen molar-refractivity contribution >= 4 is 11.9 Å². The van der Waals surface area contributed by atoms with Gasteiger partial charge in [0.1, 0.15) is 17.4 Å². The van der Waals surface area contributed by atoms with Crippen LogP contribution in [0.15, 0.2) is 16.5 Å². The van der Waals surface area contributed by atoms with Crippen LogP contribution in [-0.4, -0.2) is 40.1 Å². The van der Waals surface area contributed by atoms with Crippen molar-refractivity contribution in [2.45, 2.75) is 51.8 Å². The second-order valence-corrected chi connectivity index (χ2v) is 6.23. The number of furan rings is 1. The van der Waals surface area contributed by atoms with Gasteiger partial charge in [-0.15, -0.1) is 0 Å². The zero-order valence-electron chi connectivity index (χ0n) is 12.6. The van der Waals surface area contributed by atoms with Gasteiger partial charge in [0.05, 0.1) is 6.54 Å². The van der Waals surface area contributed by atoms with Crippen molar-refractivity contribution in [2.24, 2.45) is 0 Å². The van der Waals surface area contributed by atoms with Crippen LogP contribution in [0.25, 0.3) is 0 Å². The molecule has 2 heterocycles. The number of carbonyl (C=O) groups excluding carboxylic acids is 1. The number of carboxylic acid groups (broad SMARTS) is 1. The lowest BCUT2D eigenvalue weighted by Gasteiger charge is -2.26. The molecule has 6 heteroatoms. The number of ether oxygens (including phenoxy) is 1. The summed E-state index contributed by atoms with van der Waals surface area (Å²) in [7, 11) is 0. The maximum absolute atomic E-state index is 12.2. The fourth-order valence-electron chi connectivity index (χ4n) is 2.43. The minimum absolute atomic E-state index is 0.0852. The number of nitrogens with zero attached hydrogens (tertiary/aromatic N) is 1. The van der Waals surface area contributed by atoms with Gasteiger partial charge in [0, 0.05) is 0 Å². The van der Waals surface area contributed by atoms with Crippen LogP contribution < -0.4 is 0 Å². The van der Waals surface area contributed by atoms with E-state index in [0.717, 1.165) is 19.4 Å². The molecular weight excluding hydrogens is 274 g/mol. The van der Waals surface area contributed by atoms with Crippen molar-refractivity contribution in [1.29, 1.82) is 0 Å². The Morgan fingerprint density at radius 3 is 2.71 bits per heavy atom. The summed E-state index contributed by atoms with van der Waals surface area (Å²) in [5.41, 5.74) is -0.507. The zero-order chi connectivity index (χ0) is 15.6. The highest BCUT2D eigenvalue weighted by Crippen LogP contribution is 2.23. The van der Waals surface area contributed by atoms with Crippen molar-refractivity contribution in [2.75, 3.05) is 6.54 Å². The summed E-state index contributed by atoms with van der Waals surface area (Å²) in [6, 6.07) is 2.77. The van der Waals surface area contributed by atoms with E-state index in [9.17, 15) is 9.59 Å². The van der Waals surface area contributed by atoms with E-state index in [4.69, 9.17) is 14.3 Å². The number of aromatic carboxylic acids is 1. The molecule has 1 fully saturated rings. The van der Waals surface area contributed by atoms with Gasteiger partial charge >= 0.3 is 11.9 Å². The molecule has 116 valence electrons. The van der Waals surface area contributed by atoms with Gasteiger partial charge < -0.3 is 14.3 Å². The highest BCUT2D eigenvalue weighted by Gasteiger charge is 2.34. The van der Waals surface area contributed by atoms with Gasteiger partial charge in [0.15, 0.2) is 0 Å². The molecule has 0 spiro atoms. The molecule has 1 N–H and O–H groups in total. The molecule has 0 unspecified atom stereocenters. The SMILES string of the molecule is CC(C)(C)OC(=O)[C@H]1CCCN1Cc1ccc(C(=O)O)o1. The van der Waals surface area contributed by atoms with Crippen LogP contribution in [-0.2, 0) is 16.1 Å². The summed E-state index contributed by atoms with van der Waals surface area (Å²) in [6.45, 7) is 6.71. The highest BCUT2D eigenvalue weighted by molar-refractivity contribution is 5.84. The summed E-state index contributed by atoms with van der Waals surface area (Å²) in [4.78, 5) is 25.0.